The Morgan fingerprint density at radius 3 is 2.92 bits per heavy atom. The smallest absolute Gasteiger partial charge is 0.276 e. The van der Waals surface area contributed by atoms with E-state index in [1.807, 2.05) is 4.90 Å². The van der Waals surface area contributed by atoms with E-state index >= 15 is 0 Å². The lowest BCUT2D eigenvalue weighted by atomic mass is 9.91. The molecule has 2 amide bonds. The number of likely N-dealkylation sites (tertiary alicyclic amines) is 1. The number of aryl methyl sites for hydroxylation is 1. The number of aromatic nitrogens is 2. The lowest BCUT2D eigenvalue weighted by Gasteiger charge is -2.22. The van der Waals surface area contributed by atoms with Gasteiger partial charge in [0.1, 0.15) is 11.5 Å². The monoisotopic (exact) mass is 346 g/mol. The van der Waals surface area contributed by atoms with Crippen LogP contribution < -0.4 is 5.32 Å². The number of fused-ring (bicyclic) bond motifs is 1. The van der Waals surface area contributed by atoms with Crippen molar-refractivity contribution < 1.29 is 14.1 Å². The molecule has 0 aromatic carbocycles. The van der Waals surface area contributed by atoms with E-state index in [2.05, 4.69) is 15.5 Å². The van der Waals surface area contributed by atoms with Crippen LogP contribution in [0.1, 0.15) is 51.6 Å². The summed E-state index contributed by atoms with van der Waals surface area (Å²) in [7, 11) is 0. The van der Waals surface area contributed by atoms with Gasteiger partial charge in [-0.05, 0) is 25.7 Å². The summed E-state index contributed by atoms with van der Waals surface area (Å²) in [6, 6.07) is -0.0313. The van der Waals surface area contributed by atoms with Gasteiger partial charge in [-0.25, -0.2) is 4.98 Å². The predicted octanol–water partition coefficient (Wildman–Crippen LogP) is 1.65. The maximum atomic E-state index is 12.6. The van der Waals surface area contributed by atoms with Crippen molar-refractivity contribution in [2.45, 2.75) is 38.1 Å². The van der Waals surface area contributed by atoms with Crippen LogP contribution in [0.25, 0.3) is 0 Å². The third-order valence-electron chi connectivity index (χ3n) is 4.64. The number of hydrogen-bond acceptors (Lipinski definition) is 6. The van der Waals surface area contributed by atoms with Crippen molar-refractivity contribution in [2.75, 3.05) is 13.1 Å². The molecule has 7 nitrogen and oxygen atoms in total. The van der Waals surface area contributed by atoms with E-state index < -0.39 is 0 Å². The molecule has 126 valence electrons. The summed E-state index contributed by atoms with van der Waals surface area (Å²) in [5.74, 6) is 0.550. The Hall–Kier alpha value is -2.22. The highest BCUT2D eigenvalue weighted by molar-refractivity contribution is 7.07. The summed E-state index contributed by atoms with van der Waals surface area (Å²) < 4.78 is 5.37. The molecule has 1 atom stereocenters. The Bertz CT molecular complexity index is 749. The molecule has 0 spiro atoms. The van der Waals surface area contributed by atoms with Crippen molar-refractivity contribution in [2.24, 2.45) is 0 Å². The molecule has 1 saturated heterocycles. The van der Waals surface area contributed by atoms with Crippen molar-refractivity contribution in [3.63, 3.8) is 0 Å². The second-order valence-corrected chi connectivity index (χ2v) is 6.94. The quantitative estimate of drug-likeness (QED) is 0.913. The molecule has 2 aromatic heterocycles. The molecule has 1 aliphatic carbocycles. The molecule has 0 bridgehead atoms. The molecule has 1 aliphatic heterocycles. The Labute approximate surface area is 143 Å². The summed E-state index contributed by atoms with van der Waals surface area (Å²) in [6.07, 6.45) is 4.10. The minimum Gasteiger partial charge on any atom is -0.360 e. The Kier molecular flexibility index (Phi) is 4.05. The molecular weight excluding hydrogens is 328 g/mol. The van der Waals surface area contributed by atoms with Gasteiger partial charge >= 0.3 is 0 Å². The Morgan fingerprint density at radius 2 is 2.17 bits per heavy atom. The maximum absolute atomic E-state index is 12.6. The lowest BCUT2D eigenvalue weighted by Crippen LogP contribution is -2.39. The van der Waals surface area contributed by atoms with Crippen LogP contribution in [0.4, 0.5) is 0 Å². The number of carbonyl (C=O) groups is 2. The van der Waals surface area contributed by atoms with Crippen molar-refractivity contribution in [3.8, 4) is 0 Å². The van der Waals surface area contributed by atoms with E-state index in [0.717, 1.165) is 43.7 Å². The summed E-state index contributed by atoms with van der Waals surface area (Å²) >= 11 is 1.39. The number of nitrogens with one attached hydrogen (secondary N) is 1. The lowest BCUT2D eigenvalue weighted by molar-refractivity contribution is 0.0781. The standard InChI is InChI=1S/C16H18N4O3S/c21-15(12-8-24-9-17-12)18-10-3-4-13-11(7-10)14(19-23-13)16(22)20-5-1-2-6-20/h8-10H,1-7H2,(H,18,21). The Morgan fingerprint density at radius 1 is 1.33 bits per heavy atom. The number of amides is 2. The highest BCUT2D eigenvalue weighted by atomic mass is 32.1. The second-order valence-electron chi connectivity index (χ2n) is 6.22. The van der Waals surface area contributed by atoms with E-state index in [1.165, 1.54) is 11.3 Å². The van der Waals surface area contributed by atoms with Crippen LogP contribution in [0, 0.1) is 0 Å². The number of thiazole rings is 1. The molecule has 2 aliphatic rings. The van der Waals surface area contributed by atoms with Gasteiger partial charge < -0.3 is 14.7 Å². The first-order valence-electron chi connectivity index (χ1n) is 8.18. The largest absolute Gasteiger partial charge is 0.360 e. The third kappa shape index (κ3) is 2.82. The second kappa shape index (κ2) is 6.35. The number of carbonyl (C=O) groups excluding carboxylic acids is 2. The van der Waals surface area contributed by atoms with Gasteiger partial charge in [-0.2, -0.15) is 0 Å². The topological polar surface area (TPSA) is 88.3 Å². The first-order chi connectivity index (χ1) is 11.7. The minimum atomic E-state index is -0.173. The molecule has 1 N–H and O–H groups in total. The van der Waals surface area contributed by atoms with Gasteiger partial charge in [-0.15, -0.1) is 11.3 Å². The minimum absolute atomic E-state index is 0.0313. The molecule has 24 heavy (non-hydrogen) atoms. The van der Waals surface area contributed by atoms with E-state index in [-0.39, 0.29) is 17.9 Å². The summed E-state index contributed by atoms with van der Waals surface area (Å²) in [5, 5.41) is 8.74. The van der Waals surface area contributed by atoms with Crippen LogP contribution in [-0.4, -0.2) is 46.0 Å². The van der Waals surface area contributed by atoms with Gasteiger partial charge in [0.2, 0.25) is 0 Å². The summed E-state index contributed by atoms with van der Waals surface area (Å²) in [4.78, 5) is 30.6. The highest BCUT2D eigenvalue weighted by Crippen LogP contribution is 2.26. The van der Waals surface area contributed by atoms with Crippen LogP contribution in [0.3, 0.4) is 0 Å². The van der Waals surface area contributed by atoms with Gasteiger partial charge in [0, 0.05) is 36.5 Å². The van der Waals surface area contributed by atoms with Crippen LogP contribution in [-0.2, 0) is 12.8 Å². The molecule has 1 unspecified atom stereocenters. The number of hydrogen-bond donors (Lipinski definition) is 1. The van der Waals surface area contributed by atoms with E-state index in [9.17, 15) is 9.59 Å². The summed E-state index contributed by atoms with van der Waals surface area (Å²) in [5.41, 5.74) is 3.34. The van der Waals surface area contributed by atoms with Crippen LogP contribution in [0.15, 0.2) is 15.4 Å². The molecule has 3 heterocycles. The van der Waals surface area contributed by atoms with Crippen molar-refractivity contribution >= 4 is 23.2 Å². The van der Waals surface area contributed by atoms with Crippen LogP contribution >= 0.6 is 11.3 Å². The molecule has 4 rings (SSSR count). The van der Waals surface area contributed by atoms with E-state index in [1.54, 1.807) is 10.9 Å². The fraction of sp³-hybridized carbons (Fsp3) is 0.500. The fourth-order valence-electron chi connectivity index (χ4n) is 3.35. The normalized spacial score (nSPS) is 20.0. The zero-order chi connectivity index (χ0) is 16.5. The maximum Gasteiger partial charge on any atom is 0.276 e. The molecule has 0 saturated carbocycles. The molecular formula is C16H18N4O3S. The third-order valence-corrected chi connectivity index (χ3v) is 5.22. The van der Waals surface area contributed by atoms with E-state index in [0.29, 0.717) is 24.2 Å². The SMILES string of the molecule is O=C(NC1CCc2onc(C(=O)N3CCCC3)c2C1)c1cscn1. The molecule has 1 fully saturated rings. The average Bonchev–Trinajstić information content (AvgIpc) is 3.33. The van der Waals surface area contributed by atoms with E-state index in [4.69, 9.17) is 4.52 Å². The summed E-state index contributed by atoms with van der Waals surface area (Å²) in [6.45, 7) is 1.56. The van der Waals surface area contributed by atoms with Gasteiger partial charge in [-0.3, -0.25) is 9.59 Å². The highest BCUT2D eigenvalue weighted by Gasteiger charge is 2.32. The zero-order valence-corrected chi connectivity index (χ0v) is 14.0. The number of nitrogens with zero attached hydrogens (tertiary/aromatic N) is 3. The van der Waals surface area contributed by atoms with Crippen molar-refractivity contribution in [1.29, 1.82) is 0 Å². The average molecular weight is 346 g/mol. The van der Waals surface area contributed by atoms with Crippen LogP contribution in [0.5, 0.6) is 0 Å². The van der Waals surface area contributed by atoms with Gasteiger partial charge in [0.05, 0.1) is 5.51 Å². The molecule has 2 aromatic rings. The van der Waals surface area contributed by atoms with Gasteiger partial charge in [0.15, 0.2) is 5.69 Å². The van der Waals surface area contributed by atoms with Gasteiger partial charge in [0.25, 0.3) is 11.8 Å². The first-order valence-corrected chi connectivity index (χ1v) is 9.12. The Balaban J connectivity index is 1.48. The first kappa shape index (κ1) is 15.3. The zero-order valence-electron chi connectivity index (χ0n) is 13.2. The van der Waals surface area contributed by atoms with Gasteiger partial charge in [-0.1, -0.05) is 5.16 Å². The predicted molar refractivity (Wildman–Crippen MR) is 87.0 cm³/mol. The molecule has 0 radical (unpaired) electrons. The number of rotatable bonds is 3. The van der Waals surface area contributed by atoms with Crippen LogP contribution in [0.2, 0.25) is 0 Å². The van der Waals surface area contributed by atoms with Crippen molar-refractivity contribution in [3.05, 3.63) is 33.6 Å². The fourth-order valence-corrected chi connectivity index (χ4v) is 3.88. The molecule has 8 heteroatoms. The van der Waals surface area contributed by atoms with Crippen molar-refractivity contribution in [1.82, 2.24) is 20.4 Å².